The summed E-state index contributed by atoms with van der Waals surface area (Å²) in [4.78, 5) is 28.5. The number of nitrogens with zero attached hydrogens (tertiary/aromatic N) is 2. The van der Waals surface area contributed by atoms with Crippen LogP contribution >= 0.6 is 22.9 Å². The van der Waals surface area contributed by atoms with Crippen molar-refractivity contribution in [3.63, 3.8) is 0 Å². The number of sulfonamides is 1. The first-order chi connectivity index (χ1) is 15.3. The number of hydrogen-bond acceptors (Lipinski definition) is 8. The average Bonchev–Trinajstić information content (AvgIpc) is 3.41. The monoisotopic (exact) mass is 491 g/mol. The van der Waals surface area contributed by atoms with Crippen molar-refractivity contribution in [3.8, 4) is 0 Å². The Morgan fingerprint density at radius 2 is 1.78 bits per heavy atom. The Morgan fingerprint density at radius 1 is 1.09 bits per heavy atom. The molecule has 1 N–H and O–H groups in total. The highest BCUT2D eigenvalue weighted by atomic mass is 35.5. The smallest absolute Gasteiger partial charge is 0.274 e. The number of amides is 1. The van der Waals surface area contributed by atoms with Crippen molar-refractivity contribution in [1.29, 1.82) is 0 Å². The summed E-state index contributed by atoms with van der Waals surface area (Å²) in [6.45, 7) is 0. The van der Waals surface area contributed by atoms with E-state index in [1.165, 1.54) is 36.4 Å². The Labute approximate surface area is 191 Å². The number of non-ortho nitro benzene ring substituents is 1. The predicted octanol–water partition coefficient (Wildman–Crippen LogP) is 3.91. The minimum absolute atomic E-state index is 0.110. The van der Waals surface area contributed by atoms with Gasteiger partial charge in [0.25, 0.3) is 11.6 Å². The first-order valence-corrected chi connectivity index (χ1v) is 11.8. The molecular weight excluding hydrogens is 478 g/mol. The van der Waals surface area contributed by atoms with Crippen LogP contribution in [0, 0.1) is 10.1 Å². The highest BCUT2D eigenvalue weighted by Gasteiger charge is 2.46. The van der Waals surface area contributed by atoms with Crippen molar-refractivity contribution >= 4 is 50.3 Å². The fourth-order valence-corrected chi connectivity index (χ4v) is 5.70. The van der Waals surface area contributed by atoms with Crippen LogP contribution in [0.4, 0.5) is 5.69 Å². The van der Waals surface area contributed by atoms with Crippen molar-refractivity contribution in [1.82, 2.24) is 4.72 Å². The molecule has 12 heteroatoms. The van der Waals surface area contributed by atoms with Crippen LogP contribution in [0.1, 0.15) is 26.9 Å². The van der Waals surface area contributed by atoms with Crippen molar-refractivity contribution < 1.29 is 23.0 Å². The maximum absolute atomic E-state index is 13.3. The van der Waals surface area contributed by atoms with Crippen molar-refractivity contribution in [2.75, 3.05) is 0 Å². The van der Waals surface area contributed by atoms with Gasteiger partial charge in [-0.05, 0) is 29.8 Å². The summed E-state index contributed by atoms with van der Waals surface area (Å²) in [5.74, 6) is -0.830. The van der Waals surface area contributed by atoms with Crippen LogP contribution in [0.2, 0.25) is 4.34 Å². The maximum atomic E-state index is 13.3. The molecule has 3 aromatic rings. The van der Waals surface area contributed by atoms with Crippen LogP contribution in [-0.2, 0) is 14.9 Å². The van der Waals surface area contributed by atoms with E-state index in [0.717, 1.165) is 11.3 Å². The summed E-state index contributed by atoms with van der Waals surface area (Å²) in [6, 6.07) is 16.7. The van der Waals surface area contributed by atoms with Gasteiger partial charge in [0, 0.05) is 17.7 Å². The van der Waals surface area contributed by atoms with Gasteiger partial charge in [0.1, 0.15) is 5.71 Å². The zero-order valence-electron chi connectivity index (χ0n) is 16.0. The number of thiophene rings is 1. The third-order valence-corrected chi connectivity index (χ3v) is 7.52. The summed E-state index contributed by atoms with van der Waals surface area (Å²) in [6.07, 6.45) is -1.12. The third-order valence-electron chi connectivity index (χ3n) is 4.68. The number of carbonyl (C=O) groups excluding carboxylic acids is 1. The number of oxime groups is 1. The van der Waals surface area contributed by atoms with Crippen LogP contribution < -0.4 is 4.72 Å². The number of halogens is 1. The van der Waals surface area contributed by atoms with Gasteiger partial charge in [-0.1, -0.05) is 47.1 Å². The molecule has 164 valence electrons. The molecule has 1 amide bonds. The molecule has 1 aliphatic heterocycles. The highest BCUT2D eigenvalue weighted by molar-refractivity contribution is 7.91. The van der Waals surface area contributed by atoms with Crippen molar-refractivity contribution in [2.24, 2.45) is 5.16 Å². The molecule has 0 saturated carbocycles. The summed E-state index contributed by atoms with van der Waals surface area (Å²) < 4.78 is 29.1. The van der Waals surface area contributed by atoms with Crippen LogP contribution in [-0.4, -0.2) is 30.2 Å². The van der Waals surface area contributed by atoms with E-state index in [0.29, 0.717) is 15.5 Å². The van der Waals surface area contributed by atoms with Gasteiger partial charge in [0.15, 0.2) is 11.4 Å². The largest absolute Gasteiger partial charge is 0.385 e. The van der Waals surface area contributed by atoms with Crippen LogP contribution in [0.25, 0.3) is 0 Å². The average molecular weight is 492 g/mol. The number of hydrogen-bond donors (Lipinski definition) is 1. The quantitative estimate of drug-likeness (QED) is 0.411. The molecule has 9 nitrogen and oxygen atoms in total. The second kappa shape index (κ2) is 8.69. The Balaban J connectivity index is 1.71. The SMILES string of the molecule is O=C(NS(=O)(=O)C1C(c2ccccc2)=NOC1c1ccc([N+](=O)[O-])cc1)c1ccc(Cl)s1. The standard InChI is InChI=1S/C20H14ClN3O6S2/c21-16-11-10-15(31-16)20(25)23-32(28,29)19-17(12-4-2-1-3-5-12)22-30-18(19)13-6-8-14(9-7-13)24(26)27/h1-11,18-19H,(H,23,25). The Bertz CT molecular complexity index is 1310. The van der Waals surface area contributed by atoms with E-state index in [-0.39, 0.29) is 16.3 Å². The summed E-state index contributed by atoms with van der Waals surface area (Å²) >= 11 is 6.79. The van der Waals surface area contributed by atoms with E-state index in [9.17, 15) is 23.3 Å². The molecule has 0 spiro atoms. The molecule has 0 radical (unpaired) electrons. The van der Waals surface area contributed by atoms with Gasteiger partial charge < -0.3 is 4.84 Å². The van der Waals surface area contributed by atoms with Gasteiger partial charge in [0.05, 0.1) is 14.1 Å². The minimum atomic E-state index is -4.34. The van der Waals surface area contributed by atoms with Crippen molar-refractivity contribution in [2.45, 2.75) is 11.4 Å². The minimum Gasteiger partial charge on any atom is -0.385 e. The lowest BCUT2D eigenvalue weighted by atomic mass is 9.99. The zero-order chi connectivity index (χ0) is 22.9. The zero-order valence-corrected chi connectivity index (χ0v) is 18.4. The molecule has 2 heterocycles. The number of nitrogens with one attached hydrogen (secondary N) is 1. The Morgan fingerprint density at radius 3 is 2.38 bits per heavy atom. The molecule has 0 saturated heterocycles. The maximum Gasteiger partial charge on any atom is 0.274 e. The molecule has 1 aliphatic rings. The Kier molecular flexibility index (Phi) is 5.96. The molecular formula is C20H14ClN3O6S2. The number of nitro groups is 1. The van der Waals surface area contributed by atoms with Crippen LogP contribution in [0.3, 0.4) is 0 Å². The molecule has 2 aromatic carbocycles. The fourth-order valence-electron chi connectivity index (χ4n) is 3.20. The van der Waals surface area contributed by atoms with Gasteiger partial charge >= 0.3 is 0 Å². The number of rotatable bonds is 6. The third kappa shape index (κ3) is 4.35. The Hall–Kier alpha value is -3.28. The van der Waals surface area contributed by atoms with E-state index < -0.39 is 32.2 Å². The topological polar surface area (TPSA) is 128 Å². The van der Waals surface area contributed by atoms with E-state index in [1.807, 2.05) is 0 Å². The normalized spacial score (nSPS) is 18.0. The highest BCUT2D eigenvalue weighted by Crippen LogP contribution is 2.35. The van der Waals surface area contributed by atoms with Crippen LogP contribution in [0.15, 0.2) is 71.9 Å². The lowest BCUT2D eigenvalue weighted by Gasteiger charge is -2.20. The first kappa shape index (κ1) is 21.9. The molecule has 0 fully saturated rings. The van der Waals surface area contributed by atoms with Gasteiger partial charge in [0.2, 0.25) is 10.0 Å². The molecule has 0 bridgehead atoms. The fraction of sp³-hybridized carbons (Fsp3) is 0.100. The summed E-state index contributed by atoms with van der Waals surface area (Å²) in [7, 11) is -4.34. The predicted molar refractivity (Wildman–Crippen MR) is 119 cm³/mol. The van der Waals surface area contributed by atoms with E-state index >= 15 is 0 Å². The molecule has 2 unspecified atom stereocenters. The molecule has 2 atom stereocenters. The lowest BCUT2D eigenvalue weighted by Crippen LogP contribution is -2.43. The van der Waals surface area contributed by atoms with Gasteiger partial charge in [-0.2, -0.15) is 0 Å². The number of carbonyl (C=O) groups is 1. The summed E-state index contributed by atoms with van der Waals surface area (Å²) in [5, 5.41) is 13.6. The molecule has 0 aliphatic carbocycles. The second-order valence-electron chi connectivity index (χ2n) is 6.72. The lowest BCUT2D eigenvalue weighted by molar-refractivity contribution is -0.384. The number of nitro benzene ring substituents is 1. The van der Waals surface area contributed by atoms with Crippen molar-refractivity contribution in [3.05, 3.63) is 97.2 Å². The summed E-state index contributed by atoms with van der Waals surface area (Å²) in [5.41, 5.74) is 0.808. The number of benzene rings is 2. The van der Waals surface area contributed by atoms with E-state index in [1.54, 1.807) is 30.3 Å². The van der Waals surface area contributed by atoms with Gasteiger partial charge in [-0.15, -0.1) is 11.3 Å². The molecule has 32 heavy (non-hydrogen) atoms. The van der Waals surface area contributed by atoms with Gasteiger partial charge in [-0.25, -0.2) is 13.1 Å². The molecule has 1 aromatic heterocycles. The first-order valence-electron chi connectivity index (χ1n) is 9.11. The van der Waals surface area contributed by atoms with Crippen LogP contribution in [0.5, 0.6) is 0 Å². The van der Waals surface area contributed by atoms with E-state index in [2.05, 4.69) is 9.88 Å². The molecule has 4 rings (SSSR count). The van der Waals surface area contributed by atoms with E-state index in [4.69, 9.17) is 16.4 Å². The van der Waals surface area contributed by atoms with Gasteiger partial charge in [-0.3, -0.25) is 14.9 Å². The second-order valence-corrected chi connectivity index (χ2v) is 10.2.